The zero-order valence-electron chi connectivity index (χ0n) is 8.58. The Balaban J connectivity index is 2.87. The molecule has 0 spiro atoms. The standard InChI is InChI=1S/C12H15NO/c1-3-4-5-6-7-11-8-9-13-12(14)10(11)2/h4-9H,3H2,1-2H3,(H,13,14)/b5-4+,7-6-. The summed E-state index contributed by atoms with van der Waals surface area (Å²) < 4.78 is 0. The molecule has 1 aromatic rings. The van der Waals surface area contributed by atoms with Gasteiger partial charge in [-0.2, -0.15) is 0 Å². The Morgan fingerprint density at radius 1 is 1.43 bits per heavy atom. The predicted molar refractivity (Wildman–Crippen MR) is 60.3 cm³/mol. The summed E-state index contributed by atoms with van der Waals surface area (Å²) in [6.07, 6.45) is 10.6. The number of nitrogens with one attached hydrogen (secondary N) is 1. The molecule has 1 heterocycles. The summed E-state index contributed by atoms with van der Waals surface area (Å²) in [7, 11) is 0. The summed E-state index contributed by atoms with van der Waals surface area (Å²) in [6, 6.07) is 1.90. The molecule has 1 N–H and O–H groups in total. The second kappa shape index (κ2) is 5.22. The van der Waals surface area contributed by atoms with E-state index in [1.54, 1.807) is 6.20 Å². The molecule has 0 saturated carbocycles. The smallest absolute Gasteiger partial charge is 0.251 e. The van der Waals surface area contributed by atoms with Crippen LogP contribution in [0.3, 0.4) is 0 Å². The van der Waals surface area contributed by atoms with Gasteiger partial charge in [0.2, 0.25) is 0 Å². The summed E-state index contributed by atoms with van der Waals surface area (Å²) in [6.45, 7) is 3.91. The van der Waals surface area contributed by atoms with Crippen LogP contribution in [-0.4, -0.2) is 4.98 Å². The van der Waals surface area contributed by atoms with Crippen LogP contribution in [0.1, 0.15) is 24.5 Å². The van der Waals surface area contributed by atoms with Gasteiger partial charge in [0.25, 0.3) is 5.56 Å². The van der Waals surface area contributed by atoms with Crippen molar-refractivity contribution in [3.05, 3.63) is 52.0 Å². The van der Waals surface area contributed by atoms with Crippen LogP contribution in [0.2, 0.25) is 0 Å². The van der Waals surface area contributed by atoms with Crippen LogP contribution in [-0.2, 0) is 0 Å². The van der Waals surface area contributed by atoms with Gasteiger partial charge in [0.05, 0.1) is 0 Å². The lowest BCUT2D eigenvalue weighted by Crippen LogP contribution is -2.09. The molecule has 0 aliphatic heterocycles. The fourth-order valence-electron chi connectivity index (χ4n) is 1.13. The number of aromatic amines is 1. The van der Waals surface area contributed by atoms with Crippen molar-refractivity contribution in [1.29, 1.82) is 0 Å². The first kappa shape index (κ1) is 10.5. The summed E-state index contributed by atoms with van der Waals surface area (Å²) in [5, 5.41) is 0. The van der Waals surface area contributed by atoms with Crippen LogP contribution in [0.25, 0.3) is 6.08 Å². The van der Waals surface area contributed by atoms with Crippen LogP contribution >= 0.6 is 0 Å². The van der Waals surface area contributed by atoms with Crippen LogP contribution in [0, 0.1) is 6.92 Å². The van der Waals surface area contributed by atoms with Crippen LogP contribution in [0.4, 0.5) is 0 Å². The van der Waals surface area contributed by atoms with E-state index < -0.39 is 0 Å². The van der Waals surface area contributed by atoms with E-state index in [0.29, 0.717) is 0 Å². The molecule has 2 heteroatoms. The van der Waals surface area contributed by atoms with Crippen molar-refractivity contribution in [3.63, 3.8) is 0 Å². The van der Waals surface area contributed by atoms with Crippen LogP contribution < -0.4 is 5.56 Å². The van der Waals surface area contributed by atoms with Gasteiger partial charge >= 0.3 is 0 Å². The molecular formula is C12H15NO. The predicted octanol–water partition coefficient (Wildman–Crippen LogP) is 2.66. The Hall–Kier alpha value is -1.57. The Kier molecular flexibility index (Phi) is 3.92. The third kappa shape index (κ3) is 2.73. The van der Waals surface area contributed by atoms with Crippen molar-refractivity contribution in [2.45, 2.75) is 20.3 Å². The number of hydrogen-bond donors (Lipinski definition) is 1. The highest BCUT2D eigenvalue weighted by Gasteiger charge is 1.95. The number of aromatic nitrogens is 1. The highest BCUT2D eigenvalue weighted by atomic mass is 16.1. The number of pyridine rings is 1. The van der Waals surface area contributed by atoms with E-state index in [4.69, 9.17) is 0 Å². The maximum atomic E-state index is 11.2. The van der Waals surface area contributed by atoms with Gasteiger partial charge in [-0.25, -0.2) is 0 Å². The molecule has 74 valence electrons. The molecule has 0 amide bonds. The molecule has 14 heavy (non-hydrogen) atoms. The molecule has 0 fully saturated rings. The molecule has 0 bridgehead atoms. The molecular weight excluding hydrogens is 174 g/mol. The molecule has 2 nitrogen and oxygen atoms in total. The quantitative estimate of drug-likeness (QED) is 0.728. The number of hydrogen-bond acceptors (Lipinski definition) is 1. The van der Waals surface area contributed by atoms with Gasteiger partial charge < -0.3 is 4.98 Å². The van der Waals surface area contributed by atoms with Crippen LogP contribution in [0.5, 0.6) is 0 Å². The van der Waals surface area contributed by atoms with Crippen LogP contribution in [0.15, 0.2) is 35.3 Å². The van der Waals surface area contributed by atoms with Crippen molar-refractivity contribution < 1.29 is 0 Å². The first-order valence-electron chi connectivity index (χ1n) is 4.77. The number of allylic oxidation sites excluding steroid dienone is 3. The van der Waals surface area contributed by atoms with E-state index in [1.807, 2.05) is 31.2 Å². The Labute approximate surface area is 84.0 Å². The molecule has 0 aliphatic rings. The third-order valence-electron chi connectivity index (χ3n) is 2.01. The van der Waals surface area contributed by atoms with Crippen molar-refractivity contribution in [2.24, 2.45) is 0 Å². The lowest BCUT2D eigenvalue weighted by atomic mass is 10.1. The first-order chi connectivity index (χ1) is 6.75. The molecule has 0 radical (unpaired) electrons. The highest BCUT2D eigenvalue weighted by Crippen LogP contribution is 2.03. The molecule has 0 saturated heterocycles. The maximum absolute atomic E-state index is 11.2. The summed E-state index contributed by atoms with van der Waals surface area (Å²) in [5.74, 6) is 0. The second-order valence-corrected chi connectivity index (χ2v) is 3.08. The number of rotatable bonds is 3. The average Bonchev–Trinajstić information content (AvgIpc) is 2.19. The second-order valence-electron chi connectivity index (χ2n) is 3.08. The lowest BCUT2D eigenvalue weighted by Gasteiger charge is -1.96. The van der Waals surface area contributed by atoms with Gasteiger partial charge in [-0.05, 0) is 25.0 Å². The minimum absolute atomic E-state index is 0.0216. The molecule has 1 rings (SSSR count). The zero-order chi connectivity index (χ0) is 10.4. The van der Waals surface area contributed by atoms with Gasteiger partial charge in [0.15, 0.2) is 0 Å². The molecule has 0 atom stereocenters. The minimum Gasteiger partial charge on any atom is -0.329 e. The molecule has 0 unspecified atom stereocenters. The zero-order valence-corrected chi connectivity index (χ0v) is 8.58. The van der Waals surface area contributed by atoms with Gasteiger partial charge in [-0.1, -0.05) is 31.2 Å². The highest BCUT2D eigenvalue weighted by molar-refractivity contribution is 5.53. The lowest BCUT2D eigenvalue weighted by molar-refractivity contribution is 1.17. The van der Waals surface area contributed by atoms with Crippen molar-refractivity contribution in [2.75, 3.05) is 0 Å². The Morgan fingerprint density at radius 3 is 2.93 bits per heavy atom. The third-order valence-corrected chi connectivity index (χ3v) is 2.01. The average molecular weight is 189 g/mol. The van der Waals surface area contributed by atoms with Crippen molar-refractivity contribution >= 4 is 6.08 Å². The fraction of sp³-hybridized carbons (Fsp3) is 0.250. The SMILES string of the molecule is CC/C=C/C=C\c1cc[nH]c(=O)c1C. The summed E-state index contributed by atoms with van der Waals surface area (Å²) in [5.41, 5.74) is 1.70. The van der Waals surface area contributed by atoms with Gasteiger partial charge in [0.1, 0.15) is 0 Å². The Bertz CT molecular complexity index is 399. The summed E-state index contributed by atoms with van der Waals surface area (Å²) >= 11 is 0. The van der Waals surface area contributed by atoms with E-state index in [0.717, 1.165) is 17.5 Å². The van der Waals surface area contributed by atoms with Crippen molar-refractivity contribution in [3.8, 4) is 0 Å². The van der Waals surface area contributed by atoms with E-state index in [9.17, 15) is 4.79 Å². The maximum Gasteiger partial charge on any atom is 0.251 e. The topological polar surface area (TPSA) is 32.9 Å². The molecule has 1 aromatic heterocycles. The summed E-state index contributed by atoms with van der Waals surface area (Å²) in [4.78, 5) is 13.9. The van der Waals surface area contributed by atoms with Crippen molar-refractivity contribution in [1.82, 2.24) is 4.98 Å². The van der Waals surface area contributed by atoms with E-state index in [1.165, 1.54) is 0 Å². The molecule has 0 aliphatic carbocycles. The monoisotopic (exact) mass is 189 g/mol. The largest absolute Gasteiger partial charge is 0.329 e. The first-order valence-corrected chi connectivity index (χ1v) is 4.77. The van der Waals surface area contributed by atoms with E-state index in [2.05, 4.69) is 18.0 Å². The number of H-pyrrole nitrogens is 1. The van der Waals surface area contributed by atoms with Gasteiger partial charge in [-0.15, -0.1) is 0 Å². The fourth-order valence-corrected chi connectivity index (χ4v) is 1.13. The Morgan fingerprint density at radius 2 is 2.21 bits per heavy atom. The van der Waals surface area contributed by atoms with Gasteiger partial charge in [0, 0.05) is 11.8 Å². The van der Waals surface area contributed by atoms with E-state index in [-0.39, 0.29) is 5.56 Å². The van der Waals surface area contributed by atoms with E-state index >= 15 is 0 Å². The molecule has 0 aromatic carbocycles. The normalized spacial score (nSPS) is 11.6. The van der Waals surface area contributed by atoms with Gasteiger partial charge in [-0.3, -0.25) is 4.79 Å². The minimum atomic E-state index is -0.0216.